The molecule has 0 aliphatic carbocycles. The largest absolute Gasteiger partial charge is 0.472 e. The van der Waals surface area contributed by atoms with Crippen LogP contribution >= 0.6 is 0 Å². The second-order valence-electron chi connectivity index (χ2n) is 2.86. The zero-order valence-corrected chi connectivity index (χ0v) is 7.97. The normalized spacial score (nSPS) is 9.53. The molecule has 0 spiro atoms. The van der Waals surface area contributed by atoms with Gasteiger partial charge in [0.15, 0.2) is 0 Å². The summed E-state index contributed by atoms with van der Waals surface area (Å²) in [5.74, 6) is 3.19. The molecule has 2 rings (SSSR count). The first-order chi connectivity index (χ1) is 7.40. The molecule has 0 fully saturated rings. The topological polar surface area (TPSA) is 51.0 Å². The van der Waals surface area contributed by atoms with Crippen molar-refractivity contribution in [1.29, 1.82) is 0 Å². The standard InChI is InChI=1S/C11H9N3O/c1-2-4-12-11-6-10(13-8-14-11)9-3-5-15-7-9/h1,3,5-8H,4H2,(H,12,13,14). The number of anilines is 1. The van der Waals surface area contributed by atoms with Gasteiger partial charge in [0.2, 0.25) is 0 Å². The molecule has 0 radical (unpaired) electrons. The molecule has 0 atom stereocenters. The van der Waals surface area contributed by atoms with E-state index in [1.54, 1.807) is 12.5 Å². The molecule has 1 N–H and O–H groups in total. The third-order valence-electron chi connectivity index (χ3n) is 1.86. The summed E-state index contributed by atoms with van der Waals surface area (Å²) in [6.07, 6.45) is 9.86. The van der Waals surface area contributed by atoms with Crippen molar-refractivity contribution < 1.29 is 4.42 Å². The third-order valence-corrected chi connectivity index (χ3v) is 1.86. The quantitative estimate of drug-likeness (QED) is 0.765. The fraction of sp³-hybridized carbons (Fsp3) is 0.0909. The lowest BCUT2D eigenvalue weighted by molar-refractivity contribution is 0.568. The Morgan fingerprint density at radius 3 is 3.13 bits per heavy atom. The smallest absolute Gasteiger partial charge is 0.130 e. The van der Waals surface area contributed by atoms with Crippen LogP contribution in [0.25, 0.3) is 11.3 Å². The van der Waals surface area contributed by atoms with E-state index in [0.717, 1.165) is 11.3 Å². The number of aromatic nitrogens is 2. The van der Waals surface area contributed by atoms with Crippen LogP contribution in [-0.4, -0.2) is 16.5 Å². The molecule has 0 saturated carbocycles. The molecule has 0 bridgehead atoms. The van der Waals surface area contributed by atoms with Gasteiger partial charge in [0.1, 0.15) is 12.1 Å². The minimum atomic E-state index is 0.446. The summed E-state index contributed by atoms with van der Waals surface area (Å²) in [6, 6.07) is 3.66. The van der Waals surface area contributed by atoms with E-state index in [1.807, 2.05) is 12.1 Å². The Kier molecular flexibility index (Phi) is 2.65. The number of nitrogens with zero attached hydrogens (tertiary/aromatic N) is 2. The molecule has 0 unspecified atom stereocenters. The fourth-order valence-corrected chi connectivity index (χ4v) is 1.16. The second-order valence-corrected chi connectivity index (χ2v) is 2.86. The van der Waals surface area contributed by atoms with Crippen molar-refractivity contribution in [1.82, 2.24) is 9.97 Å². The summed E-state index contributed by atoms with van der Waals surface area (Å²) in [6.45, 7) is 0.446. The molecule has 2 aromatic rings. The van der Waals surface area contributed by atoms with Gasteiger partial charge in [0, 0.05) is 11.6 Å². The maximum absolute atomic E-state index is 5.14. The molecule has 2 heterocycles. The SMILES string of the molecule is C#CCNc1cc(-c2ccoc2)ncn1. The maximum atomic E-state index is 5.14. The zero-order chi connectivity index (χ0) is 10.5. The average Bonchev–Trinajstić information content (AvgIpc) is 2.80. The van der Waals surface area contributed by atoms with Crippen molar-refractivity contribution in [3.63, 3.8) is 0 Å². The van der Waals surface area contributed by atoms with E-state index in [2.05, 4.69) is 21.2 Å². The summed E-state index contributed by atoms with van der Waals surface area (Å²) in [5.41, 5.74) is 1.72. The van der Waals surface area contributed by atoms with Gasteiger partial charge < -0.3 is 9.73 Å². The summed E-state index contributed by atoms with van der Waals surface area (Å²) >= 11 is 0. The summed E-state index contributed by atoms with van der Waals surface area (Å²) in [5, 5.41) is 2.98. The van der Waals surface area contributed by atoms with Crippen LogP contribution in [0.3, 0.4) is 0 Å². The summed E-state index contributed by atoms with van der Waals surface area (Å²) in [4.78, 5) is 8.17. The minimum absolute atomic E-state index is 0.446. The van der Waals surface area contributed by atoms with Gasteiger partial charge in [0.05, 0.1) is 24.8 Å². The van der Waals surface area contributed by atoms with Crippen molar-refractivity contribution in [2.24, 2.45) is 0 Å². The average molecular weight is 199 g/mol. The van der Waals surface area contributed by atoms with Crippen molar-refractivity contribution in [3.05, 3.63) is 31.0 Å². The van der Waals surface area contributed by atoms with Gasteiger partial charge in [-0.2, -0.15) is 0 Å². The van der Waals surface area contributed by atoms with Gasteiger partial charge in [-0.1, -0.05) is 5.92 Å². The van der Waals surface area contributed by atoms with Gasteiger partial charge in [-0.25, -0.2) is 9.97 Å². The first kappa shape index (κ1) is 9.28. The van der Waals surface area contributed by atoms with E-state index in [4.69, 9.17) is 10.8 Å². The van der Waals surface area contributed by atoms with E-state index < -0.39 is 0 Å². The van der Waals surface area contributed by atoms with Gasteiger partial charge >= 0.3 is 0 Å². The lowest BCUT2D eigenvalue weighted by Crippen LogP contribution is -2.01. The first-order valence-corrected chi connectivity index (χ1v) is 4.42. The second kappa shape index (κ2) is 4.29. The number of hydrogen-bond acceptors (Lipinski definition) is 4. The van der Waals surface area contributed by atoms with Crippen LogP contribution in [0.5, 0.6) is 0 Å². The Morgan fingerprint density at radius 2 is 2.40 bits per heavy atom. The third kappa shape index (κ3) is 2.15. The van der Waals surface area contributed by atoms with Gasteiger partial charge in [-0.05, 0) is 6.07 Å². The first-order valence-electron chi connectivity index (χ1n) is 4.42. The number of terminal acetylenes is 1. The minimum Gasteiger partial charge on any atom is -0.472 e. The zero-order valence-electron chi connectivity index (χ0n) is 7.97. The van der Waals surface area contributed by atoms with E-state index in [1.165, 1.54) is 6.33 Å². The highest BCUT2D eigenvalue weighted by Gasteiger charge is 2.01. The van der Waals surface area contributed by atoms with Crippen LogP contribution < -0.4 is 5.32 Å². The molecule has 74 valence electrons. The number of furan rings is 1. The fourth-order valence-electron chi connectivity index (χ4n) is 1.16. The Bertz CT molecular complexity index is 471. The van der Waals surface area contributed by atoms with Crippen LogP contribution in [0, 0.1) is 12.3 Å². The van der Waals surface area contributed by atoms with E-state index in [0.29, 0.717) is 12.4 Å². The Balaban J connectivity index is 2.24. The molecule has 15 heavy (non-hydrogen) atoms. The maximum Gasteiger partial charge on any atom is 0.130 e. The van der Waals surface area contributed by atoms with E-state index >= 15 is 0 Å². The van der Waals surface area contributed by atoms with Crippen LogP contribution in [0.4, 0.5) is 5.82 Å². The van der Waals surface area contributed by atoms with Crippen LogP contribution in [0.15, 0.2) is 35.4 Å². The van der Waals surface area contributed by atoms with Crippen LogP contribution in [-0.2, 0) is 0 Å². The molecular weight excluding hydrogens is 190 g/mol. The van der Waals surface area contributed by atoms with E-state index in [-0.39, 0.29) is 0 Å². The van der Waals surface area contributed by atoms with Crippen molar-refractivity contribution in [3.8, 4) is 23.6 Å². The molecule has 0 aromatic carbocycles. The van der Waals surface area contributed by atoms with E-state index in [9.17, 15) is 0 Å². The molecule has 4 nitrogen and oxygen atoms in total. The van der Waals surface area contributed by atoms with Crippen molar-refractivity contribution in [2.45, 2.75) is 0 Å². The highest BCUT2D eigenvalue weighted by atomic mass is 16.3. The molecule has 4 heteroatoms. The van der Waals surface area contributed by atoms with Crippen LogP contribution in [0.1, 0.15) is 0 Å². The molecule has 0 saturated heterocycles. The number of rotatable bonds is 3. The molecule has 0 amide bonds. The predicted octanol–water partition coefficient (Wildman–Crippen LogP) is 1.78. The lowest BCUT2D eigenvalue weighted by Gasteiger charge is -2.02. The molecular formula is C11H9N3O. The van der Waals surface area contributed by atoms with Crippen LogP contribution in [0.2, 0.25) is 0 Å². The summed E-state index contributed by atoms with van der Waals surface area (Å²) < 4.78 is 4.98. The highest BCUT2D eigenvalue weighted by molar-refractivity contribution is 5.60. The number of hydrogen-bond donors (Lipinski definition) is 1. The Morgan fingerprint density at radius 1 is 1.47 bits per heavy atom. The van der Waals surface area contributed by atoms with Crippen molar-refractivity contribution >= 4 is 5.82 Å². The van der Waals surface area contributed by atoms with Gasteiger partial charge in [-0.15, -0.1) is 6.42 Å². The lowest BCUT2D eigenvalue weighted by atomic mass is 10.2. The number of nitrogens with one attached hydrogen (secondary N) is 1. The Labute approximate surface area is 87.4 Å². The predicted molar refractivity (Wildman–Crippen MR) is 57.1 cm³/mol. The monoisotopic (exact) mass is 199 g/mol. The van der Waals surface area contributed by atoms with Crippen molar-refractivity contribution in [2.75, 3.05) is 11.9 Å². The van der Waals surface area contributed by atoms with Gasteiger partial charge in [0.25, 0.3) is 0 Å². The Hall–Kier alpha value is -2.28. The molecule has 0 aliphatic heterocycles. The highest BCUT2D eigenvalue weighted by Crippen LogP contribution is 2.18. The van der Waals surface area contributed by atoms with Gasteiger partial charge in [-0.3, -0.25) is 0 Å². The molecule has 2 aromatic heterocycles. The molecule has 0 aliphatic rings. The summed E-state index contributed by atoms with van der Waals surface area (Å²) in [7, 11) is 0.